The predicted octanol–water partition coefficient (Wildman–Crippen LogP) is 2.20. The van der Waals surface area contributed by atoms with E-state index < -0.39 is 0 Å². The zero-order valence-electron chi connectivity index (χ0n) is 16.1. The fourth-order valence-electron chi connectivity index (χ4n) is 3.21. The van der Waals surface area contributed by atoms with Gasteiger partial charge in [-0.3, -0.25) is 14.3 Å². The van der Waals surface area contributed by atoms with Crippen molar-refractivity contribution in [3.05, 3.63) is 83.2 Å². The lowest BCUT2D eigenvalue weighted by molar-refractivity contribution is -0.132. The van der Waals surface area contributed by atoms with Gasteiger partial charge < -0.3 is 4.90 Å². The van der Waals surface area contributed by atoms with Crippen molar-refractivity contribution >= 4 is 16.8 Å². The maximum atomic E-state index is 12.9. The van der Waals surface area contributed by atoms with Crippen LogP contribution in [0.1, 0.15) is 18.5 Å². The molecule has 1 atom stereocenters. The van der Waals surface area contributed by atoms with E-state index in [1.807, 2.05) is 37.3 Å². The molecule has 0 aliphatic rings. The standard InChI is InChI=1S/C21H20N6O2/c1-15(16-7-9-17(10-8-16)27-14-22-13-24-27)25(2)21(29)12-26-19-6-4-3-5-18(19)20(28)11-23-26/h3-11,13-15H,12H2,1-2H3. The van der Waals surface area contributed by atoms with Gasteiger partial charge in [-0.25, -0.2) is 9.67 Å². The summed E-state index contributed by atoms with van der Waals surface area (Å²) in [6, 6.07) is 14.9. The fraction of sp³-hybridized carbons (Fsp3) is 0.190. The van der Waals surface area contributed by atoms with Crippen molar-refractivity contribution in [1.29, 1.82) is 0 Å². The second kappa shape index (κ2) is 7.67. The van der Waals surface area contributed by atoms with E-state index in [0.29, 0.717) is 10.9 Å². The van der Waals surface area contributed by atoms with Crippen molar-refractivity contribution in [3.63, 3.8) is 0 Å². The van der Waals surface area contributed by atoms with Gasteiger partial charge in [0.2, 0.25) is 11.3 Å². The van der Waals surface area contributed by atoms with Gasteiger partial charge >= 0.3 is 0 Å². The number of hydrogen-bond donors (Lipinski definition) is 0. The molecule has 0 saturated heterocycles. The van der Waals surface area contributed by atoms with Crippen molar-refractivity contribution in [2.75, 3.05) is 7.05 Å². The number of aromatic nitrogens is 5. The van der Waals surface area contributed by atoms with Gasteiger partial charge in [0.05, 0.1) is 23.4 Å². The van der Waals surface area contributed by atoms with Crippen LogP contribution in [0.2, 0.25) is 0 Å². The maximum Gasteiger partial charge on any atom is 0.244 e. The van der Waals surface area contributed by atoms with Crippen LogP contribution in [0, 0.1) is 0 Å². The number of fused-ring (bicyclic) bond motifs is 1. The molecule has 0 bridgehead atoms. The van der Waals surface area contributed by atoms with Gasteiger partial charge in [0.25, 0.3) is 0 Å². The lowest BCUT2D eigenvalue weighted by atomic mass is 10.1. The van der Waals surface area contributed by atoms with E-state index in [1.54, 1.807) is 45.8 Å². The van der Waals surface area contributed by atoms with Gasteiger partial charge in [-0.15, -0.1) is 0 Å². The van der Waals surface area contributed by atoms with Gasteiger partial charge in [0.1, 0.15) is 19.2 Å². The molecule has 2 aromatic heterocycles. The summed E-state index contributed by atoms with van der Waals surface area (Å²) in [5, 5.41) is 8.80. The van der Waals surface area contributed by atoms with E-state index in [0.717, 1.165) is 11.3 Å². The topological polar surface area (TPSA) is 85.9 Å². The second-order valence-corrected chi connectivity index (χ2v) is 6.80. The number of amides is 1. The first-order valence-corrected chi connectivity index (χ1v) is 9.20. The highest BCUT2D eigenvalue weighted by atomic mass is 16.2. The average molecular weight is 388 g/mol. The van der Waals surface area contributed by atoms with Gasteiger partial charge in [0, 0.05) is 12.4 Å². The van der Waals surface area contributed by atoms with Crippen LogP contribution in [0.4, 0.5) is 0 Å². The van der Waals surface area contributed by atoms with E-state index in [-0.39, 0.29) is 23.9 Å². The van der Waals surface area contributed by atoms with Crippen LogP contribution in [-0.2, 0) is 11.3 Å². The molecule has 0 N–H and O–H groups in total. The van der Waals surface area contributed by atoms with Crippen molar-refractivity contribution in [3.8, 4) is 5.69 Å². The molecule has 8 nitrogen and oxygen atoms in total. The number of para-hydroxylation sites is 1. The van der Waals surface area contributed by atoms with Crippen LogP contribution in [-0.4, -0.2) is 42.4 Å². The minimum Gasteiger partial charge on any atom is -0.337 e. The second-order valence-electron chi connectivity index (χ2n) is 6.80. The lowest BCUT2D eigenvalue weighted by Gasteiger charge is -2.26. The largest absolute Gasteiger partial charge is 0.337 e. The molecular formula is C21H20N6O2. The molecule has 2 aromatic carbocycles. The zero-order valence-corrected chi connectivity index (χ0v) is 16.1. The Balaban J connectivity index is 1.52. The third kappa shape index (κ3) is 3.64. The fourth-order valence-corrected chi connectivity index (χ4v) is 3.21. The predicted molar refractivity (Wildman–Crippen MR) is 109 cm³/mol. The number of rotatable bonds is 5. The van der Waals surface area contributed by atoms with E-state index >= 15 is 0 Å². The van der Waals surface area contributed by atoms with Crippen molar-refractivity contribution in [1.82, 2.24) is 29.4 Å². The molecule has 0 spiro atoms. The number of likely N-dealkylation sites (N-methyl/N-ethyl adjacent to an activating group) is 1. The van der Waals surface area contributed by atoms with Crippen LogP contribution < -0.4 is 5.43 Å². The Hall–Kier alpha value is -3.81. The number of benzene rings is 2. The molecule has 4 aromatic rings. The average Bonchev–Trinajstić information content (AvgIpc) is 3.30. The molecule has 8 heteroatoms. The summed E-state index contributed by atoms with van der Waals surface area (Å²) in [7, 11) is 1.77. The first-order chi connectivity index (χ1) is 14.0. The number of nitrogens with zero attached hydrogens (tertiary/aromatic N) is 6. The Morgan fingerprint density at radius 2 is 1.86 bits per heavy atom. The molecule has 0 saturated carbocycles. The molecule has 1 unspecified atom stereocenters. The normalized spacial score (nSPS) is 12.1. The monoisotopic (exact) mass is 388 g/mol. The highest BCUT2D eigenvalue weighted by Crippen LogP contribution is 2.21. The molecular weight excluding hydrogens is 368 g/mol. The minimum atomic E-state index is -0.154. The summed E-state index contributed by atoms with van der Waals surface area (Å²) < 4.78 is 3.24. The summed E-state index contributed by atoms with van der Waals surface area (Å²) in [6.45, 7) is 2.03. The van der Waals surface area contributed by atoms with E-state index in [2.05, 4.69) is 15.2 Å². The van der Waals surface area contributed by atoms with Crippen molar-refractivity contribution in [2.45, 2.75) is 19.5 Å². The smallest absolute Gasteiger partial charge is 0.244 e. The van der Waals surface area contributed by atoms with E-state index in [9.17, 15) is 9.59 Å². The van der Waals surface area contributed by atoms with Crippen molar-refractivity contribution < 1.29 is 4.79 Å². The summed E-state index contributed by atoms with van der Waals surface area (Å²) in [5.41, 5.74) is 2.39. The van der Waals surface area contributed by atoms with Gasteiger partial charge in [-0.1, -0.05) is 24.3 Å². The molecule has 0 aliphatic heterocycles. The molecule has 146 valence electrons. The molecule has 0 aliphatic carbocycles. The highest BCUT2D eigenvalue weighted by molar-refractivity contribution is 5.81. The van der Waals surface area contributed by atoms with Crippen LogP contribution in [0.5, 0.6) is 0 Å². The Labute approximate surface area is 167 Å². The summed E-state index contributed by atoms with van der Waals surface area (Å²) in [4.78, 5) is 30.5. The van der Waals surface area contributed by atoms with Crippen molar-refractivity contribution in [2.24, 2.45) is 0 Å². The molecule has 4 rings (SSSR count). The quantitative estimate of drug-likeness (QED) is 0.523. The van der Waals surface area contributed by atoms with E-state index in [4.69, 9.17) is 0 Å². The Morgan fingerprint density at radius 1 is 1.10 bits per heavy atom. The third-order valence-corrected chi connectivity index (χ3v) is 5.08. The first kappa shape index (κ1) is 18.5. The first-order valence-electron chi connectivity index (χ1n) is 9.20. The molecule has 0 radical (unpaired) electrons. The van der Waals surface area contributed by atoms with Gasteiger partial charge in [-0.2, -0.15) is 10.2 Å². The minimum absolute atomic E-state index is 0.0542. The number of carbonyl (C=O) groups is 1. The van der Waals surface area contributed by atoms with Crippen LogP contribution in [0.15, 0.2) is 72.2 Å². The van der Waals surface area contributed by atoms with Gasteiger partial charge in [0.15, 0.2) is 0 Å². The Kier molecular flexibility index (Phi) is 4.90. The Bertz CT molecular complexity index is 1200. The molecule has 2 heterocycles. The summed E-state index contributed by atoms with van der Waals surface area (Å²) >= 11 is 0. The van der Waals surface area contributed by atoms with E-state index in [1.165, 1.54) is 12.5 Å². The SMILES string of the molecule is CC(c1ccc(-n2cncn2)cc1)N(C)C(=O)Cn1ncc(=O)c2ccccc21. The number of hydrogen-bond acceptors (Lipinski definition) is 5. The number of carbonyl (C=O) groups excluding carboxylic acids is 1. The maximum absolute atomic E-state index is 12.9. The summed E-state index contributed by atoms with van der Waals surface area (Å²) in [5.74, 6) is -0.0980. The van der Waals surface area contributed by atoms with Gasteiger partial charge in [-0.05, 0) is 36.8 Å². The molecule has 29 heavy (non-hydrogen) atoms. The van der Waals surface area contributed by atoms with Crippen LogP contribution in [0.3, 0.4) is 0 Å². The Morgan fingerprint density at radius 3 is 2.59 bits per heavy atom. The highest BCUT2D eigenvalue weighted by Gasteiger charge is 2.19. The summed E-state index contributed by atoms with van der Waals surface area (Å²) in [6.07, 6.45) is 4.37. The van der Waals surface area contributed by atoms with Crippen LogP contribution in [0.25, 0.3) is 16.6 Å². The molecule has 0 fully saturated rings. The third-order valence-electron chi connectivity index (χ3n) is 5.08. The molecule has 1 amide bonds. The lowest BCUT2D eigenvalue weighted by Crippen LogP contribution is -2.33. The van der Waals surface area contributed by atoms with Crippen LogP contribution >= 0.6 is 0 Å². The zero-order chi connectivity index (χ0) is 20.4.